The second kappa shape index (κ2) is 5.56. The van der Waals surface area contributed by atoms with E-state index in [1.807, 2.05) is 0 Å². The van der Waals surface area contributed by atoms with Crippen molar-refractivity contribution in [2.24, 2.45) is 0 Å². The summed E-state index contributed by atoms with van der Waals surface area (Å²) >= 11 is 0. The van der Waals surface area contributed by atoms with Gasteiger partial charge in [-0.2, -0.15) is 0 Å². The van der Waals surface area contributed by atoms with Crippen molar-refractivity contribution in [3.63, 3.8) is 0 Å². The number of carbonyl (C=O) groups is 2. The van der Waals surface area contributed by atoms with Gasteiger partial charge < -0.3 is 14.5 Å². The van der Waals surface area contributed by atoms with Gasteiger partial charge in [-0.25, -0.2) is 9.97 Å². The minimum absolute atomic E-state index is 0.0234. The molecule has 23 heavy (non-hydrogen) atoms. The summed E-state index contributed by atoms with van der Waals surface area (Å²) in [5.74, 6) is 1.22. The van der Waals surface area contributed by atoms with Crippen LogP contribution in [0.1, 0.15) is 41.4 Å². The van der Waals surface area contributed by atoms with E-state index in [-0.39, 0.29) is 30.6 Å². The molecule has 2 amide bonds. The van der Waals surface area contributed by atoms with Crippen LogP contribution >= 0.6 is 0 Å². The lowest BCUT2D eigenvalue weighted by Gasteiger charge is -2.45. The fourth-order valence-electron chi connectivity index (χ4n) is 3.31. The summed E-state index contributed by atoms with van der Waals surface area (Å²) in [4.78, 5) is 36.6. The maximum Gasteiger partial charge on any atom is 0.257 e. The van der Waals surface area contributed by atoms with Crippen molar-refractivity contribution in [3.8, 4) is 0 Å². The highest BCUT2D eigenvalue weighted by molar-refractivity contribution is 5.93. The Morgan fingerprint density at radius 1 is 1.26 bits per heavy atom. The Labute approximate surface area is 134 Å². The Morgan fingerprint density at radius 2 is 2.00 bits per heavy atom. The van der Waals surface area contributed by atoms with Crippen molar-refractivity contribution in [2.75, 3.05) is 26.7 Å². The maximum absolute atomic E-state index is 12.7. The first-order chi connectivity index (χ1) is 11.1. The molecule has 2 saturated heterocycles. The molecular formula is C16H20N4O3. The molecule has 3 heterocycles. The molecule has 0 spiro atoms. The van der Waals surface area contributed by atoms with Crippen LogP contribution in [0.4, 0.5) is 0 Å². The molecule has 7 nitrogen and oxygen atoms in total. The van der Waals surface area contributed by atoms with Gasteiger partial charge in [0, 0.05) is 38.4 Å². The van der Waals surface area contributed by atoms with Gasteiger partial charge in [-0.05, 0) is 19.3 Å². The molecule has 1 aromatic rings. The average Bonchev–Trinajstić information content (AvgIpc) is 3.43. The van der Waals surface area contributed by atoms with Crippen molar-refractivity contribution in [3.05, 3.63) is 23.8 Å². The molecule has 1 aromatic heterocycles. The highest BCUT2D eigenvalue weighted by atomic mass is 16.5. The number of likely N-dealkylation sites (tertiary alicyclic amines) is 1. The third-order valence-electron chi connectivity index (χ3n) is 4.98. The zero-order chi connectivity index (χ0) is 16.0. The van der Waals surface area contributed by atoms with E-state index < -0.39 is 0 Å². The number of fused-ring (bicyclic) bond motifs is 1. The topological polar surface area (TPSA) is 75.6 Å². The number of ether oxygens (including phenoxy) is 1. The Kier molecular flexibility index (Phi) is 3.52. The van der Waals surface area contributed by atoms with E-state index >= 15 is 0 Å². The molecule has 0 N–H and O–H groups in total. The van der Waals surface area contributed by atoms with Crippen LogP contribution in [0.3, 0.4) is 0 Å². The van der Waals surface area contributed by atoms with Crippen LogP contribution in [0, 0.1) is 0 Å². The molecule has 3 aliphatic rings. The fourth-order valence-corrected chi connectivity index (χ4v) is 3.31. The lowest BCUT2D eigenvalue weighted by Crippen LogP contribution is -2.61. The molecule has 2 atom stereocenters. The first kappa shape index (κ1) is 14.6. The molecule has 7 heteroatoms. The van der Waals surface area contributed by atoms with E-state index in [1.165, 1.54) is 0 Å². The van der Waals surface area contributed by atoms with E-state index in [2.05, 4.69) is 9.97 Å². The van der Waals surface area contributed by atoms with Crippen LogP contribution in [0.2, 0.25) is 0 Å². The van der Waals surface area contributed by atoms with Crippen LogP contribution in [-0.4, -0.2) is 70.5 Å². The number of carbonyl (C=O) groups excluding carboxylic acids is 2. The first-order valence-electron chi connectivity index (χ1n) is 8.12. The van der Waals surface area contributed by atoms with Crippen LogP contribution in [0.25, 0.3) is 0 Å². The van der Waals surface area contributed by atoms with Gasteiger partial charge in [0.25, 0.3) is 5.91 Å². The van der Waals surface area contributed by atoms with Gasteiger partial charge in [0.15, 0.2) is 0 Å². The highest BCUT2D eigenvalue weighted by Crippen LogP contribution is 2.37. The minimum atomic E-state index is -0.0720. The number of morpholine rings is 1. The van der Waals surface area contributed by atoms with Crippen molar-refractivity contribution in [1.82, 2.24) is 19.8 Å². The van der Waals surface area contributed by atoms with Gasteiger partial charge >= 0.3 is 0 Å². The van der Waals surface area contributed by atoms with Crippen LogP contribution < -0.4 is 0 Å². The molecule has 122 valence electrons. The number of aromatic nitrogens is 2. The summed E-state index contributed by atoms with van der Waals surface area (Å²) in [6.07, 6.45) is 6.30. The number of likely N-dealkylation sites (N-methyl/N-ethyl adjacent to an activating group) is 1. The molecule has 3 fully saturated rings. The fraction of sp³-hybridized carbons (Fsp3) is 0.625. The number of amides is 2. The summed E-state index contributed by atoms with van der Waals surface area (Å²) in [7, 11) is 1.78. The van der Waals surface area contributed by atoms with Gasteiger partial charge in [-0.3, -0.25) is 9.59 Å². The Hall–Kier alpha value is -2.02. The standard InChI is InChI=1S/C16H20N4O3/c1-19-12-8-20(5-4-13(12)23-9-14(19)21)16(22)11-6-17-15(18-7-11)10-2-3-10/h6-7,10,12-13H,2-5,8-9H2,1H3/t12-,13+/m0/s1. The van der Waals surface area contributed by atoms with E-state index in [0.717, 1.165) is 25.1 Å². The molecule has 0 aromatic carbocycles. The molecule has 0 radical (unpaired) electrons. The zero-order valence-corrected chi connectivity index (χ0v) is 13.1. The molecule has 1 saturated carbocycles. The van der Waals surface area contributed by atoms with Gasteiger partial charge in [0.05, 0.1) is 17.7 Å². The van der Waals surface area contributed by atoms with Crippen molar-refractivity contribution in [1.29, 1.82) is 0 Å². The Morgan fingerprint density at radius 3 is 2.70 bits per heavy atom. The molecule has 0 bridgehead atoms. The lowest BCUT2D eigenvalue weighted by molar-refractivity contribution is -0.159. The summed E-state index contributed by atoms with van der Waals surface area (Å²) in [6.45, 7) is 1.27. The predicted octanol–water partition coefficient (Wildman–Crippen LogP) is 0.426. The highest BCUT2D eigenvalue weighted by Gasteiger charge is 2.40. The quantitative estimate of drug-likeness (QED) is 0.791. The normalized spacial score (nSPS) is 27.8. The van der Waals surface area contributed by atoms with E-state index in [1.54, 1.807) is 29.2 Å². The molecule has 4 rings (SSSR count). The van der Waals surface area contributed by atoms with E-state index in [4.69, 9.17) is 4.74 Å². The molecule has 1 aliphatic carbocycles. The SMILES string of the molecule is CN1C(=O)CO[C@@H]2CCN(C(=O)c3cnc(C4CC4)nc3)C[C@@H]21. The first-order valence-corrected chi connectivity index (χ1v) is 8.12. The lowest BCUT2D eigenvalue weighted by atomic mass is 9.98. The number of nitrogens with zero attached hydrogens (tertiary/aromatic N) is 4. The minimum Gasteiger partial charge on any atom is -0.366 e. The third kappa shape index (κ3) is 2.69. The smallest absolute Gasteiger partial charge is 0.257 e. The van der Waals surface area contributed by atoms with E-state index in [9.17, 15) is 9.59 Å². The van der Waals surface area contributed by atoms with Gasteiger partial charge in [0.2, 0.25) is 5.91 Å². The summed E-state index contributed by atoms with van der Waals surface area (Å²) in [6, 6.07) is -0.0689. The van der Waals surface area contributed by atoms with Crippen molar-refractivity contribution < 1.29 is 14.3 Å². The third-order valence-corrected chi connectivity index (χ3v) is 4.98. The summed E-state index contributed by atoms with van der Waals surface area (Å²) in [5, 5.41) is 0. The Bertz CT molecular complexity index is 629. The average molecular weight is 316 g/mol. The van der Waals surface area contributed by atoms with Gasteiger partial charge in [-0.1, -0.05) is 0 Å². The number of piperidine rings is 1. The maximum atomic E-state index is 12.7. The molecular weight excluding hydrogens is 296 g/mol. The van der Waals surface area contributed by atoms with Crippen LogP contribution in [0.15, 0.2) is 12.4 Å². The van der Waals surface area contributed by atoms with E-state index in [0.29, 0.717) is 24.6 Å². The molecule has 0 unspecified atom stereocenters. The van der Waals surface area contributed by atoms with Crippen molar-refractivity contribution in [2.45, 2.75) is 37.3 Å². The summed E-state index contributed by atoms with van der Waals surface area (Å²) in [5.41, 5.74) is 0.513. The number of hydrogen-bond donors (Lipinski definition) is 0. The van der Waals surface area contributed by atoms with Gasteiger partial charge in [-0.15, -0.1) is 0 Å². The summed E-state index contributed by atoms with van der Waals surface area (Å²) < 4.78 is 5.59. The van der Waals surface area contributed by atoms with Crippen LogP contribution in [0.5, 0.6) is 0 Å². The zero-order valence-electron chi connectivity index (χ0n) is 13.1. The van der Waals surface area contributed by atoms with Gasteiger partial charge in [0.1, 0.15) is 12.4 Å². The monoisotopic (exact) mass is 316 g/mol. The second-order valence-electron chi connectivity index (χ2n) is 6.57. The largest absolute Gasteiger partial charge is 0.366 e. The Balaban J connectivity index is 1.47. The van der Waals surface area contributed by atoms with Crippen LogP contribution in [-0.2, 0) is 9.53 Å². The molecule has 2 aliphatic heterocycles. The van der Waals surface area contributed by atoms with Crippen molar-refractivity contribution >= 4 is 11.8 Å². The predicted molar refractivity (Wildman–Crippen MR) is 80.8 cm³/mol. The second-order valence-corrected chi connectivity index (χ2v) is 6.57. The number of hydrogen-bond acceptors (Lipinski definition) is 5. The number of rotatable bonds is 2.